The highest BCUT2D eigenvalue weighted by Crippen LogP contribution is 2.29. The quantitative estimate of drug-likeness (QED) is 0.813. The average Bonchev–Trinajstić information content (AvgIpc) is 2.37. The van der Waals surface area contributed by atoms with Gasteiger partial charge in [0.15, 0.2) is 0 Å². The number of rotatable bonds is 5. The average molecular weight is 302 g/mol. The monoisotopic (exact) mass is 302 g/mol. The van der Waals surface area contributed by atoms with Gasteiger partial charge >= 0.3 is 12.1 Å². The van der Waals surface area contributed by atoms with Crippen LogP contribution in [0.3, 0.4) is 0 Å². The minimum Gasteiger partial charge on any atom is -0.465 e. The number of nitrogens with one attached hydrogen (secondary N) is 2. The molecule has 116 valence electrons. The molecular weight excluding hydrogens is 285 g/mol. The molecular formula is C14H17F3N2O2. The van der Waals surface area contributed by atoms with Gasteiger partial charge in [0.25, 0.3) is 0 Å². The number of alkyl halides is 3. The van der Waals surface area contributed by atoms with Crippen molar-refractivity contribution >= 4 is 5.97 Å². The summed E-state index contributed by atoms with van der Waals surface area (Å²) in [4.78, 5) is 11.9. The predicted octanol–water partition coefficient (Wildman–Crippen LogP) is 1.70. The number of carbonyl (C=O) groups is 1. The van der Waals surface area contributed by atoms with E-state index in [2.05, 4.69) is 10.6 Å². The van der Waals surface area contributed by atoms with Crippen molar-refractivity contribution in [3.05, 3.63) is 35.4 Å². The predicted molar refractivity (Wildman–Crippen MR) is 70.5 cm³/mol. The first kappa shape index (κ1) is 15.8. The summed E-state index contributed by atoms with van der Waals surface area (Å²) in [6.07, 6.45) is -4.34. The topological polar surface area (TPSA) is 50.4 Å². The van der Waals surface area contributed by atoms with Crippen LogP contribution in [-0.4, -0.2) is 31.2 Å². The highest BCUT2D eigenvalue weighted by Gasteiger charge is 2.45. The number of esters is 1. The molecule has 0 bridgehead atoms. The second-order valence-electron chi connectivity index (χ2n) is 4.95. The van der Waals surface area contributed by atoms with Crippen LogP contribution in [-0.2, 0) is 22.3 Å². The Bertz CT molecular complexity index is 496. The summed E-state index contributed by atoms with van der Waals surface area (Å²) >= 11 is 0. The fourth-order valence-corrected chi connectivity index (χ4v) is 2.07. The lowest BCUT2D eigenvalue weighted by Gasteiger charge is -2.40. The van der Waals surface area contributed by atoms with Crippen molar-refractivity contribution in [1.82, 2.24) is 10.6 Å². The van der Waals surface area contributed by atoms with E-state index in [0.717, 1.165) is 12.1 Å². The molecule has 21 heavy (non-hydrogen) atoms. The second-order valence-corrected chi connectivity index (χ2v) is 4.95. The van der Waals surface area contributed by atoms with Gasteiger partial charge in [0.1, 0.15) is 5.54 Å². The summed E-state index contributed by atoms with van der Waals surface area (Å²) in [5.41, 5.74) is -0.783. The Morgan fingerprint density at radius 3 is 2.38 bits per heavy atom. The summed E-state index contributed by atoms with van der Waals surface area (Å²) in [6.45, 7) is 3.23. The van der Waals surface area contributed by atoms with E-state index in [4.69, 9.17) is 4.74 Å². The zero-order valence-electron chi connectivity index (χ0n) is 11.6. The summed E-state index contributed by atoms with van der Waals surface area (Å²) in [6, 6.07) is 4.88. The number of halogens is 3. The number of carbonyl (C=O) groups excluding carboxylic acids is 1. The van der Waals surface area contributed by atoms with Crippen molar-refractivity contribution in [2.45, 2.75) is 25.2 Å². The zero-order valence-corrected chi connectivity index (χ0v) is 11.6. The van der Waals surface area contributed by atoms with E-state index in [1.165, 1.54) is 12.1 Å². The van der Waals surface area contributed by atoms with Gasteiger partial charge in [-0.2, -0.15) is 13.2 Å². The maximum atomic E-state index is 12.5. The molecule has 1 saturated heterocycles. The van der Waals surface area contributed by atoms with E-state index >= 15 is 0 Å². The Hall–Kier alpha value is -1.60. The molecule has 0 amide bonds. The summed E-state index contributed by atoms with van der Waals surface area (Å²) in [7, 11) is 0. The summed E-state index contributed by atoms with van der Waals surface area (Å²) in [5.74, 6) is -0.337. The van der Waals surface area contributed by atoms with Gasteiger partial charge in [0.05, 0.1) is 12.2 Å². The molecule has 1 aromatic carbocycles. The van der Waals surface area contributed by atoms with E-state index in [1.807, 2.05) is 0 Å². The van der Waals surface area contributed by atoms with Crippen LogP contribution in [0.5, 0.6) is 0 Å². The molecule has 1 fully saturated rings. The molecule has 0 aromatic heterocycles. The number of benzene rings is 1. The van der Waals surface area contributed by atoms with E-state index in [0.29, 0.717) is 31.8 Å². The van der Waals surface area contributed by atoms with E-state index in [-0.39, 0.29) is 5.97 Å². The van der Waals surface area contributed by atoms with E-state index < -0.39 is 17.3 Å². The fraction of sp³-hybridized carbons (Fsp3) is 0.500. The van der Waals surface area contributed by atoms with Crippen molar-refractivity contribution in [1.29, 1.82) is 0 Å². The van der Waals surface area contributed by atoms with Crippen LogP contribution in [0, 0.1) is 0 Å². The molecule has 2 rings (SSSR count). The summed E-state index contributed by atoms with van der Waals surface area (Å²) in [5, 5.41) is 6.07. The molecule has 0 saturated carbocycles. The van der Waals surface area contributed by atoms with Crippen molar-refractivity contribution < 1.29 is 22.7 Å². The van der Waals surface area contributed by atoms with Crippen molar-refractivity contribution in [2.75, 3.05) is 19.7 Å². The van der Waals surface area contributed by atoms with Gasteiger partial charge in [-0.05, 0) is 24.6 Å². The third kappa shape index (κ3) is 3.54. The Labute approximate surface area is 120 Å². The number of ether oxygens (including phenoxy) is 1. The van der Waals surface area contributed by atoms with Crippen molar-refractivity contribution in [3.63, 3.8) is 0 Å². The third-order valence-corrected chi connectivity index (χ3v) is 3.43. The van der Waals surface area contributed by atoms with Gasteiger partial charge in [-0.1, -0.05) is 12.1 Å². The number of hydrogen-bond donors (Lipinski definition) is 2. The highest BCUT2D eigenvalue weighted by molar-refractivity contribution is 5.83. The van der Waals surface area contributed by atoms with Crippen LogP contribution in [0.25, 0.3) is 0 Å². The van der Waals surface area contributed by atoms with Gasteiger partial charge in [-0.3, -0.25) is 5.32 Å². The third-order valence-electron chi connectivity index (χ3n) is 3.43. The summed E-state index contributed by atoms with van der Waals surface area (Å²) < 4.78 is 42.4. The van der Waals surface area contributed by atoms with Gasteiger partial charge in [0, 0.05) is 19.6 Å². The molecule has 4 nitrogen and oxygen atoms in total. The van der Waals surface area contributed by atoms with Crippen LogP contribution in [0.2, 0.25) is 0 Å². The largest absolute Gasteiger partial charge is 0.465 e. The van der Waals surface area contributed by atoms with Gasteiger partial charge < -0.3 is 10.1 Å². The van der Waals surface area contributed by atoms with Crippen LogP contribution in [0.15, 0.2) is 24.3 Å². The molecule has 0 aliphatic carbocycles. The molecule has 0 radical (unpaired) electrons. The van der Waals surface area contributed by atoms with Gasteiger partial charge in [0.2, 0.25) is 0 Å². The lowest BCUT2D eigenvalue weighted by molar-refractivity contribution is -0.153. The molecule has 0 spiro atoms. The van der Waals surface area contributed by atoms with Crippen LogP contribution in [0.1, 0.15) is 18.1 Å². The van der Waals surface area contributed by atoms with Crippen LogP contribution in [0.4, 0.5) is 13.2 Å². The van der Waals surface area contributed by atoms with Crippen molar-refractivity contribution in [2.24, 2.45) is 0 Å². The minimum atomic E-state index is -4.34. The molecule has 0 unspecified atom stereocenters. The Kier molecular flexibility index (Phi) is 4.53. The first-order valence-corrected chi connectivity index (χ1v) is 6.66. The Morgan fingerprint density at radius 1 is 1.33 bits per heavy atom. The fourth-order valence-electron chi connectivity index (χ4n) is 2.07. The highest BCUT2D eigenvalue weighted by atomic mass is 19.4. The number of hydrogen-bond acceptors (Lipinski definition) is 4. The first-order chi connectivity index (χ1) is 9.87. The van der Waals surface area contributed by atoms with E-state index in [9.17, 15) is 18.0 Å². The molecule has 1 heterocycles. The molecule has 1 aromatic rings. The van der Waals surface area contributed by atoms with Crippen LogP contribution >= 0.6 is 0 Å². The smallest absolute Gasteiger partial charge is 0.416 e. The Balaban J connectivity index is 1.97. The van der Waals surface area contributed by atoms with Gasteiger partial charge in [-0.25, -0.2) is 4.79 Å². The molecule has 2 N–H and O–H groups in total. The second kappa shape index (κ2) is 6.03. The lowest BCUT2D eigenvalue weighted by Crippen LogP contribution is -2.72. The molecule has 1 aliphatic rings. The van der Waals surface area contributed by atoms with Gasteiger partial charge in [-0.15, -0.1) is 0 Å². The molecule has 1 aliphatic heterocycles. The van der Waals surface area contributed by atoms with Crippen LogP contribution < -0.4 is 10.6 Å². The maximum absolute atomic E-state index is 12.5. The normalized spacial score (nSPS) is 17.1. The minimum absolute atomic E-state index is 0.294. The standard InChI is InChI=1S/C14H17F3N2O2/c1-2-21-12(20)13(8-18-9-13)19-7-10-3-5-11(6-4-10)14(15,16)17/h3-6,18-19H,2,7-9H2,1H3. The van der Waals surface area contributed by atoms with E-state index in [1.54, 1.807) is 6.92 Å². The zero-order chi connectivity index (χ0) is 15.5. The SMILES string of the molecule is CCOC(=O)C1(NCc2ccc(C(F)(F)F)cc2)CNC1. The van der Waals surface area contributed by atoms with Crippen molar-refractivity contribution in [3.8, 4) is 0 Å². The molecule has 7 heteroatoms. The molecule has 0 atom stereocenters. The first-order valence-electron chi connectivity index (χ1n) is 6.66. The Morgan fingerprint density at radius 2 is 1.95 bits per heavy atom. The lowest BCUT2D eigenvalue weighted by atomic mass is 9.92. The maximum Gasteiger partial charge on any atom is 0.416 e.